The number of hydrogen-bond acceptors (Lipinski definition) is 5. The van der Waals surface area contributed by atoms with E-state index in [4.69, 9.17) is 10.6 Å². The van der Waals surface area contributed by atoms with Gasteiger partial charge in [0.2, 0.25) is 0 Å². The third kappa shape index (κ3) is 2.60. The first kappa shape index (κ1) is 12.8. The Kier molecular flexibility index (Phi) is 4.11. The molecule has 0 spiro atoms. The third-order valence-electron chi connectivity index (χ3n) is 3.12. The van der Waals surface area contributed by atoms with Gasteiger partial charge in [-0.1, -0.05) is 6.92 Å². The highest BCUT2D eigenvalue weighted by molar-refractivity contribution is 5.94. The summed E-state index contributed by atoms with van der Waals surface area (Å²) in [4.78, 5) is 18.3. The number of ether oxygens (including phenoxy) is 1. The van der Waals surface area contributed by atoms with E-state index in [0.717, 1.165) is 6.42 Å². The molecule has 6 heteroatoms. The number of carbonyl (C=O) groups is 1. The Morgan fingerprint density at radius 2 is 2.50 bits per heavy atom. The summed E-state index contributed by atoms with van der Waals surface area (Å²) in [5, 5.41) is 0. The van der Waals surface area contributed by atoms with Gasteiger partial charge in [0.25, 0.3) is 5.91 Å². The summed E-state index contributed by atoms with van der Waals surface area (Å²) in [7, 11) is 0. The lowest BCUT2D eigenvalue weighted by molar-refractivity contribution is -0.00281. The van der Waals surface area contributed by atoms with Gasteiger partial charge in [-0.3, -0.25) is 4.79 Å². The Balaban J connectivity index is 2.13. The first-order valence-corrected chi connectivity index (χ1v) is 6.07. The lowest BCUT2D eigenvalue weighted by Gasteiger charge is -2.35. The largest absolute Gasteiger partial charge is 0.377 e. The average Bonchev–Trinajstić information content (AvgIpc) is 2.46. The molecule has 0 saturated carbocycles. The van der Waals surface area contributed by atoms with Crippen molar-refractivity contribution in [2.75, 3.05) is 25.2 Å². The van der Waals surface area contributed by atoms with Crippen LogP contribution in [0.5, 0.6) is 0 Å². The van der Waals surface area contributed by atoms with Crippen LogP contribution in [0.1, 0.15) is 23.7 Å². The summed E-state index contributed by atoms with van der Waals surface area (Å²) in [5.74, 6) is 5.78. The maximum absolute atomic E-state index is 12.3. The van der Waals surface area contributed by atoms with Gasteiger partial charge < -0.3 is 15.1 Å². The normalized spacial score (nSPS) is 19.7. The zero-order valence-electron chi connectivity index (χ0n) is 10.4. The topological polar surface area (TPSA) is 80.5 Å². The van der Waals surface area contributed by atoms with E-state index in [1.165, 1.54) is 0 Å². The minimum atomic E-state index is 0.00113. The van der Waals surface area contributed by atoms with Crippen molar-refractivity contribution in [3.05, 3.63) is 23.9 Å². The molecular weight excluding hydrogens is 232 g/mol. The number of amides is 1. The van der Waals surface area contributed by atoms with Gasteiger partial charge in [0.1, 0.15) is 5.82 Å². The van der Waals surface area contributed by atoms with Crippen molar-refractivity contribution >= 4 is 11.7 Å². The van der Waals surface area contributed by atoms with E-state index in [1.807, 2.05) is 4.90 Å². The molecule has 18 heavy (non-hydrogen) atoms. The number of hydrogen-bond donors (Lipinski definition) is 2. The lowest BCUT2D eigenvalue weighted by Crippen LogP contribution is -2.48. The molecule has 2 rings (SSSR count). The van der Waals surface area contributed by atoms with Crippen molar-refractivity contribution in [1.29, 1.82) is 0 Å². The van der Waals surface area contributed by atoms with Crippen molar-refractivity contribution in [2.24, 2.45) is 5.84 Å². The molecule has 1 atom stereocenters. The molecule has 1 aliphatic rings. The molecule has 1 saturated heterocycles. The fourth-order valence-corrected chi connectivity index (χ4v) is 2.03. The number of aromatic nitrogens is 1. The summed E-state index contributed by atoms with van der Waals surface area (Å²) in [6, 6.07) is 3.57. The van der Waals surface area contributed by atoms with Crippen LogP contribution in [-0.4, -0.2) is 41.6 Å². The van der Waals surface area contributed by atoms with E-state index in [1.54, 1.807) is 18.3 Å². The van der Waals surface area contributed by atoms with E-state index >= 15 is 0 Å². The molecule has 0 bridgehead atoms. The van der Waals surface area contributed by atoms with Crippen LogP contribution >= 0.6 is 0 Å². The molecule has 0 radical (unpaired) electrons. The van der Waals surface area contributed by atoms with E-state index in [9.17, 15) is 4.79 Å². The first-order valence-electron chi connectivity index (χ1n) is 6.07. The molecule has 1 unspecified atom stereocenters. The van der Waals surface area contributed by atoms with E-state index < -0.39 is 0 Å². The summed E-state index contributed by atoms with van der Waals surface area (Å²) >= 11 is 0. The molecule has 1 aromatic heterocycles. The molecule has 1 fully saturated rings. The number of pyridine rings is 1. The zero-order chi connectivity index (χ0) is 13.0. The Morgan fingerprint density at radius 3 is 3.11 bits per heavy atom. The molecule has 1 aliphatic heterocycles. The number of morpholine rings is 1. The summed E-state index contributed by atoms with van der Waals surface area (Å²) < 4.78 is 5.39. The number of hydrazine groups is 1. The van der Waals surface area contributed by atoms with Crippen molar-refractivity contribution in [1.82, 2.24) is 9.88 Å². The van der Waals surface area contributed by atoms with Gasteiger partial charge in [0.05, 0.1) is 24.8 Å². The average molecular weight is 250 g/mol. The van der Waals surface area contributed by atoms with Crippen LogP contribution in [0.25, 0.3) is 0 Å². The molecule has 0 aromatic carbocycles. The van der Waals surface area contributed by atoms with Crippen LogP contribution in [0.2, 0.25) is 0 Å². The summed E-state index contributed by atoms with van der Waals surface area (Å²) in [6.07, 6.45) is 2.43. The predicted octanol–water partition coefficient (Wildman–Crippen LogP) is 0.618. The number of rotatable bonds is 3. The third-order valence-corrected chi connectivity index (χ3v) is 3.12. The van der Waals surface area contributed by atoms with Gasteiger partial charge in [-0.25, -0.2) is 10.8 Å². The molecule has 6 nitrogen and oxygen atoms in total. The highest BCUT2D eigenvalue weighted by Gasteiger charge is 2.26. The molecule has 0 aliphatic carbocycles. The number of nitrogens with one attached hydrogen (secondary N) is 1. The molecule has 1 aromatic rings. The van der Waals surface area contributed by atoms with Crippen molar-refractivity contribution in [3.8, 4) is 0 Å². The SMILES string of the molecule is CCC1COCCN1C(=O)c1ccc(NN)nc1. The van der Waals surface area contributed by atoms with Crippen LogP contribution < -0.4 is 11.3 Å². The first-order chi connectivity index (χ1) is 8.76. The number of anilines is 1. The predicted molar refractivity (Wildman–Crippen MR) is 68.0 cm³/mol. The number of nitrogen functional groups attached to an aromatic ring is 1. The van der Waals surface area contributed by atoms with E-state index in [0.29, 0.717) is 31.1 Å². The molecule has 98 valence electrons. The summed E-state index contributed by atoms with van der Waals surface area (Å²) in [6.45, 7) is 3.89. The van der Waals surface area contributed by atoms with Gasteiger partial charge in [-0.05, 0) is 18.6 Å². The molecular formula is C12H18N4O2. The second-order valence-electron chi connectivity index (χ2n) is 4.21. The van der Waals surface area contributed by atoms with Gasteiger partial charge >= 0.3 is 0 Å². The van der Waals surface area contributed by atoms with Crippen LogP contribution in [0.3, 0.4) is 0 Å². The highest BCUT2D eigenvalue weighted by atomic mass is 16.5. The quantitative estimate of drug-likeness (QED) is 0.607. The highest BCUT2D eigenvalue weighted by Crippen LogP contribution is 2.15. The van der Waals surface area contributed by atoms with Gasteiger partial charge in [-0.2, -0.15) is 0 Å². The number of nitrogens with zero attached hydrogens (tertiary/aromatic N) is 2. The maximum Gasteiger partial charge on any atom is 0.255 e. The van der Waals surface area contributed by atoms with Gasteiger partial charge in [-0.15, -0.1) is 0 Å². The Morgan fingerprint density at radius 1 is 1.67 bits per heavy atom. The lowest BCUT2D eigenvalue weighted by atomic mass is 10.1. The monoisotopic (exact) mass is 250 g/mol. The molecule has 2 heterocycles. The van der Waals surface area contributed by atoms with Crippen molar-refractivity contribution < 1.29 is 9.53 Å². The van der Waals surface area contributed by atoms with Crippen LogP contribution in [-0.2, 0) is 4.74 Å². The zero-order valence-corrected chi connectivity index (χ0v) is 10.4. The second kappa shape index (κ2) is 5.79. The van der Waals surface area contributed by atoms with E-state index in [2.05, 4.69) is 17.3 Å². The van der Waals surface area contributed by atoms with E-state index in [-0.39, 0.29) is 11.9 Å². The van der Waals surface area contributed by atoms with Gasteiger partial charge in [0.15, 0.2) is 0 Å². The van der Waals surface area contributed by atoms with Crippen LogP contribution in [0, 0.1) is 0 Å². The number of nitrogens with two attached hydrogens (primary N) is 1. The van der Waals surface area contributed by atoms with Crippen molar-refractivity contribution in [2.45, 2.75) is 19.4 Å². The molecule has 3 N–H and O–H groups in total. The fourth-order valence-electron chi connectivity index (χ4n) is 2.03. The minimum absolute atomic E-state index is 0.00113. The molecule has 1 amide bonds. The smallest absolute Gasteiger partial charge is 0.255 e. The standard InChI is InChI=1S/C12H18N4O2/c1-2-10-8-18-6-5-16(10)12(17)9-3-4-11(15-13)14-7-9/h3-4,7,10H,2,5-6,8,13H2,1H3,(H,14,15). The minimum Gasteiger partial charge on any atom is -0.377 e. The Hall–Kier alpha value is -1.66. The fraction of sp³-hybridized carbons (Fsp3) is 0.500. The van der Waals surface area contributed by atoms with Crippen LogP contribution in [0.4, 0.5) is 5.82 Å². The Bertz CT molecular complexity index is 407. The second-order valence-corrected chi connectivity index (χ2v) is 4.21. The van der Waals surface area contributed by atoms with Crippen molar-refractivity contribution in [3.63, 3.8) is 0 Å². The number of carbonyl (C=O) groups excluding carboxylic acids is 1. The van der Waals surface area contributed by atoms with Gasteiger partial charge in [0, 0.05) is 12.7 Å². The summed E-state index contributed by atoms with van der Waals surface area (Å²) in [5.41, 5.74) is 3.01. The maximum atomic E-state index is 12.3. The Labute approximate surface area is 106 Å². The van der Waals surface area contributed by atoms with Crippen LogP contribution in [0.15, 0.2) is 18.3 Å².